The van der Waals surface area contributed by atoms with E-state index >= 15 is 0 Å². The number of rotatable bonds is 2. The average molecular weight is 247 g/mol. The third-order valence-electron chi connectivity index (χ3n) is 2.00. The number of aryl methyl sites for hydroxylation is 1. The van der Waals surface area contributed by atoms with Crippen molar-refractivity contribution in [3.05, 3.63) is 29.3 Å². The van der Waals surface area contributed by atoms with Crippen molar-refractivity contribution in [2.45, 2.75) is 13.1 Å². The summed E-state index contributed by atoms with van der Waals surface area (Å²) >= 11 is 0. The van der Waals surface area contributed by atoms with Crippen LogP contribution in [0, 0.1) is 6.92 Å². The molecule has 1 aromatic carbocycles. The van der Waals surface area contributed by atoms with Crippen LogP contribution in [0.4, 0.5) is 18.9 Å². The van der Waals surface area contributed by atoms with Crippen molar-refractivity contribution in [2.75, 3.05) is 5.32 Å². The minimum absolute atomic E-state index is 0.238. The lowest BCUT2D eigenvalue weighted by Gasteiger charge is -2.12. The van der Waals surface area contributed by atoms with Crippen LogP contribution in [0.15, 0.2) is 18.2 Å². The first-order valence-corrected chi connectivity index (χ1v) is 4.44. The molecule has 0 aliphatic rings. The second-order valence-corrected chi connectivity index (χ2v) is 3.25. The van der Waals surface area contributed by atoms with Gasteiger partial charge in [0.25, 0.3) is 0 Å². The average Bonchev–Trinajstić information content (AvgIpc) is 2.18. The van der Waals surface area contributed by atoms with Gasteiger partial charge in [0, 0.05) is 0 Å². The van der Waals surface area contributed by atoms with Crippen LogP contribution in [0.1, 0.15) is 15.9 Å². The first-order chi connectivity index (χ1) is 7.73. The molecule has 0 saturated carbocycles. The smallest absolute Gasteiger partial charge is 0.471 e. The van der Waals surface area contributed by atoms with E-state index < -0.39 is 18.1 Å². The van der Waals surface area contributed by atoms with Crippen molar-refractivity contribution in [2.24, 2.45) is 0 Å². The number of carbonyl (C=O) groups is 2. The number of anilines is 1. The molecule has 7 heteroatoms. The molecule has 0 fully saturated rings. The summed E-state index contributed by atoms with van der Waals surface area (Å²) < 4.78 is 36.1. The molecule has 0 aliphatic carbocycles. The number of amides is 1. The maximum atomic E-state index is 12.0. The van der Waals surface area contributed by atoms with E-state index in [9.17, 15) is 22.8 Å². The standard InChI is InChI=1S/C10H8F3NO3/c1-5-3-2-4-6(8(15)16)7(5)14-9(17)10(11,12)13/h2-4H,1H3,(H,14,17)(H,15,16). The quantitative estimate of drug-likeness (QED) is 0.841. The maximum absolute atomic E-state index is 12.0. The Labute approximate surface area is 94.1 Å². The Morgan fingerprint density at radius 3 is 2.35 bits per heavy atom. The molecule has 0 bridgehead atoms. The van der Waals surface area contributed by atoms with E-state index in [1.807, 2.05) is 0 Å². The number of benzene rings is 1. The summed E-state index contributed by atoms with van der Waals surface area (Å²) in [4.78, 5) is 21.5. The molecule has 0 spiro atoms. The molecule has 1 amide bonds. The van der Waals surface area contributed by atoms with Gasteiger partial charge in [-0.3, -0.25) is 4.79 Å². The van der Waals surface area contributed by atoms with Crippen LogP contribution < -0.4 is 5.32 Å². The van der Waals surface area contributed by atoms with Crippen molar-refractivity contribution < 1.29 is 27.9 Å². The highest BCUT2D eigenvalue weighted by Crippen LogP contribution is 2.24. The Bertz CT molecular complexity index is 468. The lowest BCUT2D eigenvalue weighted by Crippen LogP contribution is -2.31. The van der Waals surface area contributed by atoms with Crippen LogP contribution in [-0.2, 0) is 4.79 Å². The zero-order valence-electron chi connectivity index (χ0n) is 8.63. The van der Waals surface area contributed by atoms with Gasteiger partial charge in [0.1, 0.15) is 0 Å². The van der Waals surface area contributed by atoms with E-state index in [0.29, 0.717) is 0 Å². The summed E-state index contributed by atoms with van der Waals surface area (Å²) in [6.45, 7) is 1.40. The van der Waals surface area contributed by atoms with Crippen molar-refractivity contribution >= 4 is 17.6 Å². The van der Waals surface area contributed by atoms with Gasteiger partial charge in [-0.05, 0) is 18.6 Å². The number of hydrogen-bond acceptors (Lipinski definition) is 2. The Balaban J connectivity index is 3.14. The van der Waals surface area contributed by atoms with Crippen LogP contribution in [-0.4, -0.2) is 23.2 Å². The van der Waals surface area contributed by atoms with Gasteiger partial charge < -0.3 is 10.4 Å². The van der Waals surface area contributed by atoms with Gasteiger partial charge in [0.15, 0.2) is 0 Å². The molecule has 0 aromatic heterocycles. The number of nitrogens with one attached hydrogen (secondary N) is 1. The molecule has 4 nitrogen and oxygen atoms in total. The van der Waals surface area contributed by atoms with E-state index in [4.69, 9.17) is 5.11 Å². The molecule has 0 radical (unpaired) electrons. The Morgan fingerprint density at radius 1 is 1.29 bits per heavy atom. The zero-order valence-corrected chi connectivity index (χ0v) is 8.63. The van der Waals surface area contributed by atoms with E-state index in [2.05, 4.69) is 0 Å². The van der Waals surface area contributed by atoms with Gasteiger partial charge in [-0.1, -0.05) is 12.1 Å². The van der Waals surface area contributed by atoms with Gasteiger partial charge in [0.2, 0.25) is 0 Å². The van der Waals surface area contributed by atoms with Crippen LogP contribution in [0.25, 0.3) is 0 Å². The molecule has 0 aliphatic heterocycles. The van der Waals surface area contributed by atoms with E-state index in [1.54, 1.807) is 5.32 Å². The van der Waals surface area contributed by atoms with E-state index in [1.165, 1.54) is 19.1 Å². The van der Waals surface area contributed by atoms with Crippen LogP contribution in [0.2, 0.25) is 0 Å². The van der Waals surface area contributed by atoms with Crippen LogP contribution >= 0.6 is 0 Å². The summed E-state index contributed by atoms with van der Waals surface area (Å²) in [7, 11) is 0. The highest BCUT2D eigenvalue weighted by molar-refractivity contribution is 6.03. The predicted molar refractivity (Wildman–Crippen MR) is 52.8 cm³/mol. The Kier molecular flexibility index (Phi) is 3.40. The number of hydrogen-bond donors (Lipinski definition) is 2. The van der Waals surface area contributed by atoms with Crippen LogP contribution in [0.5, 0.6) is 0 Å². The minimum Gasteiger partial charge on any atom is -0.478 e. The summed E-state index contributed by atoms with van der Waals surface area (Å²) in [5, 5.41) is 10.3. The molecule has 1 rings (SSSR count). The summed E-state index contributed by atoms with van der Waals surface area (Å²) in [5.74, 6) is -3.61. The number of alkyl halides is 3. The number of aromatic carboxylic acids is 1. The van der Waals surface area contributed by atoms with E-state index in [-0.39, 0.29) is 16.8 Å². The first kappa shape index (κ1) is 13.0. The molecular formula is C10H8F3NO3. The fraction of sp³-hybridized carbons (Fsp3) is 0.200. The molecule has 2 N–H and O–H groups in total. The molecule has 0 unspecified atom stereocenters. The number of halogens is 3. The molecule has 0 heterocycles. The molecule has 92 valence electrons. The second kappa shape index (κ2) is 4.44. The van der Waals surface area contributed by atoms with E-state index in [0.717, 1.165) is 6.07 Å². The van der Waals surface area contributed by atoms with Crippen molar-refractivity contribution in [1.82, 2.24) is 0 Å². The molecule has 1 aromatic rings. The highest BCUT2D eigenvalue weighted by Gasteiger charge is 2.39. The topological polar surface area (TPSA) is 66.4 Å². The maximum Gasteiger partial charge on any atom is 0.471 e. The SMILES string of the molecule is Cc1cccc(C(=O)O)c1NC(=O)C(F)(F)F. The number of para-hydroxylation sites is 1. The fourth-order valence-corrected chi connectivity index (χ4v) is 1.20. The van der Waals surface area contributed by atoms with Crippen molar-refractivity contribution in [1.29, 1.82) is 0 Å². The van der Waals surface area contributed by atoms with Crippen molar-refractivity contribution in [3.63, 3.8) is 0 Å². The van der Waals surface area contributed by atoms with Gasteiger partial charge in [-0.2, -0.15) is 13.2 Å². The zero-order chi connectivity index (χ0) is 13.2. The third-order valence-corrected chi connectivity index (χ3v) is 2.00. The Hall–Kier alpha value is -2.05. The van der Waals surface area contributed by atoms with Gasteiger partial charge in [-0.25, -0.2) is 4.79 Å². The summed E-state index contributed by atoms with van der Waals surface area (Å²) in [5.41, 5.74) is -0.493. The fourth-order valence-electron chi connectivity index (χ4n) is 1.20. The Morgan fingerprint density at radius 2 is 1.88 bits per heavy atom. The summed E-state index contributed by atoms with van der Waals surface area (Å²) in [6.07, 6.45) is -5.06. The number of carboxylic acids is 1. The van der Waals surface area contributed by atoms with Gasteiger partial charge >= 0.3 is 18.1 Å². The normalized spacial score (nSPS) is 11.1. The molecular weight excluding hydrogens is 239 g/mol. The molecule has 0 atom stereocenters. The van der Waals surface area contributed by atoms with Gasteiger partial charge in [-0.15, -0.1) is 0 Å². The third kappa shape index (κ3) is 2.96. The predicted octanol–water partition coefficient (Wildman–Crippen LogP) is 2.19. The number of carboxylic acid groups (broad SMARTS) is 1. The highest BCUT2D eigenvalue weighted by atomic mass is 19.4. The lowest BCUT2D eigenvalue weighted by molar-refractivity contribution is -0.167. The minimum atomic E-state index is -5.06. The monoisotopic (exact) mass is 247 g/mol. The van der Waals surface area contributed by atoms with Crippen LogP contribution in [0.3, 0.4) is 0 Å². The molecule has 17 heavy (non-hydrogen) atoms. The largest absolute Gasteiger partial charge is 0.478 e. The van der Waals surface area contributed by atoms with Gasteiger partial charge in [0.05, 0.1) is 11.3 Å². The second-order valence-electron chi connectivity index (χ2n) is 3.25. The summed E-state index contributed by atoms with van der Waals surface area (Å²) in [6, 6.07) is 3.89. The lowest BCUT2D eigenvalue weighted by atomic mass is 10.1. The first-order valence-electron chi connectivity index (χ1n) is 4.44. The molecule has 0 saturated heterocycles. The van der Waals surface area contributed by atoms with Crippen molar-refractivity contribution in [3.8, 4) is 0 Å². The number of carbonyl (C=O) groups excluding carboxylic acids is 1.